The Morgan fingerprint density at radius 3 is 1.77 bits per heavy atom. The summed E-state index contributed by atoms with van der Waals surface area (Å²) in [5.41, 5.74) is 3.48. The number of methoxy groups -OCH3 is 2. The number of halogens is 3. The fraction of sp³-hybridized carbons (Fsp3) is 0.451. The van der Waals surface area contributed by atoms with Crippen LogP contribution in [-0.2, 0) is 18.2 Å². The SMILES string of the molecule is COc1cccc(C=C2CCCCC(CN(C)C)C2(O)Cc2cccc(C)c2)c1.COc1cccc(C=C2CCCCC(CN(C)C)C2(O)c2cccc(C(F)(F)F)c2)c1. The molecule has 0 spiro atoms. The maximum atomic E-state index is 13.5. The van der Waals surface area contributed by atoms with Gasteiger partial charge in [0, 0.05) is 31.3 Å². The molecule has 0 aromatic heterocycles. The molecule has 60 heavy (non-hydrogen) atoms. The molecule has 2 fully saturated rings. The van der Waals surface area contributed by atoms with Crippen molar-refractivity contribution in [3.05, 3.63) is 142 Å². The average Bonchev–Trinajstić information content (AvgIpc) is 3.45. The minimum atomic E-state index is -4.47. The summed E-state index contributed by atoms with van der Waals surface area (Å²) in [5.74, 6) is 1.51. The monoisotopic (exact) mass is 826 g/mol. The highest BCUT2D eigenvalue weighted by Crippen LogP contribution is 2.47. The molecule has 0 amide bonds. The Balaban J connectivity index is 0.000000228. The van der Waals surface area contributed by atoms with Gasteiger partial charge >= 0.3 is 6.18 Å². The number of benzene rings is 4. The van der Waals surface area contributed by atoms with E-state index in [0.29, 0.717) is 30.7 Å². The van der Waals surface area contributed by atoms with Gasteiger partial charge in [-0.25, -0.2) is 0 Å². The summed E-state index contributed by atoms with van der Waals surface area (Å²) < 4.78 is 51.1. The molecule has 0 heterocycles. The maximum Gasteiger partial charge on any atom is 0.416 e. The van der Waals surface area contributed by atoms with E-state index in [1.165, 1.54) is 17.2 Å². The molecule has 0 radical (unpaired) electrons. The van der Waals surface area contributed by atoms with Crippen LogP contribution in [0.5, 0.6) is 11.5 Å². The summed E-state index contributed by atoms with van der Waals surface area (Å²) in [6.45, 7) is 3.57. The van der Waals surface area contributed by atoms with Crippen molar-refractivity contribution in [2.45, 2.75) is 82.1 Å². The molecule has 4 aromatic rings. The molecule has 9 heteroatoms. The van der Waals surface area contributed by atoms with Crippen LogP contribution in [0, 0.1) is 18.8 Å². The summed E-state index contributed by atoms with van der Waals surface area (Å²) in [5, 5.41) is 24.4. The predicted molar refractivity (Wildman–Crippen MR) is 238 cm³/mol. The van der Waals surface area contributed by atoms with E-state index in [9.17, 15) is 23.4 Å². The molecule has 2 saturated carbocycles. The van der Waals surface area contributed by atoms with E-state index in [1.807, 2.05) is 67.5 Å². The molecule has 6 rings (SSSR count). The zero-order valence-corrected chi connectivity index (χ0v) is 36.6. The van der Waals surface area contributed by atoms with Crippen LogP contribution in [0.1, 0.15) is 84.7 Å². The second-order valence-electron chi connectivity index (χ2n) is 17.2. The van der Waals surface area contributed by atoms with E-state index in [-0.39, 0.29) is 11.8 Å². The van der Waals surface area contributed by atoms with Crippen LogP contribution < -0.4 is 9.47 Å². The largest absolute Gasteiger partial charge is 0.497 e. The first-order chi connectivity index (χ1) is 28.5. The van der Waals surface area contributed by atoms with Gasteiger partial charge in [-0.15, -0.1) is 0 Å². The third-order valence-corrected chi connectivity index (χ3v) is 12.0. The lowest BCUT2D eigenvalue weighted by molar-refractivity contribution is -0.137. The highest BCUT2D eigenvalue weighted by atomic mass is 19.4. The fourth-order valence-corrected chi connectivity index (χ4v) is 9.13. The van der Waals surface area contributed by atoms with E-state index >= 15 is 0 Å². The van der Waals surface area contributed by atoms with Crippen molar-refractivity contribution in [1.29, 1.82) is 0 Å². The van der Waals surface area contributed by atoms with Crippen molar-refractivity contribution < 1.29 is 32.9 Å². The first-order valence-electron chi connectivity index (χ1n) is 21.2. The average molecular weight is 827 g/mol. The van der Waals surface area contributed by atoms with Gasteiger partial charge < -0.3 is 29.5 Å². The third kappa shape index (κ3) is 12.1. The summed E-state index contributed by atoms with van der Waals surface area (Å²) in [7, 11) is 11.3. The van der Waals surface area contributed by atoms with Crippen molar-refractivity contribution in [3.63, 3.8) is 0 Å². The maximum absolute atomic E-state index is 13.5. The summed E-state index contributed by atoms with van der Waals surface area (Å²) in [4.78, 5) is 4.19. The van der Waals surface area contributed by atoms with E-state index in [1.54, 1.807) is 20.3 Å². The number of aliphatic hydroxyl groups is 2. The van der Waals surface area contributed by atoms with Crippen LogP contribution in [0.15, 0.2) is 108 Å². The molecule has 4 aromatic carbocycles. The molecule has 2 aliphatic rings. The Labute approximate surface area is 356 Å². The van der Waals surface area contributed by atoms with Crippen LogP contribution in [0.2, 0.25) is 0 Å². The molecule has 0 bridgehead atoms. The number of aryl methyl sites for hydroxylation is 1. The molecule has 4 unspecified atom stereocenters. The number of hydrogen-bond acceptors (Lipinski definition) is 6. The van der Waals surface area contributed by atoms with Crippen LogP contribution in [0.3, 0.4) is 0 Å². The lowest BCUT2D eigenvalue weighted by Crippen LogP contribution is -2.45. The van der Waals surface area contributed by atoms with Gasteiger partial charge in [0.1, 0.15) is 17.1 Å². The van der Waals surface area contributed by atoms with Gasteiger partial charge in [-0.05, 0) is 143 Å². The second-order valence-corrected chi connectivity index (χ2v) is 17.2. The van der Waals surface area contributed by atoms with Gasteiger partial charge in [0.25, 0.3) is 0 Å². The number of ether oxygens (including phenoxy) is 2. The quantitative estimate of drug-likeness (QED) is 0.147. The van der Waals surface area contributed by atoms with Crippen LogP contribution in [0.25, 0.3) is 12.2 Å². The van der Waals surface area contributed by atoms with Crippen molar-refractivity contribution >= 4 is 12.2 Å². The number of nitrogens with zero attached hydrogens (tertiary/aromatic N) is 2. The topological polar surface area (TPSA) is 65.4 Å². The Kier molecular flexibility index (Phi) is 16.3. The number of hydrogen-bond donors (Lipinski definition) is 2. The third-order valence-electron chi connectivity index (χ3n) is 12.0. The first-order valence-corrected chi connectivity index (χ1v) is 21.2. The Morgan fingerprint density at radius 2 is 1.20 bits per heavy atom. The molecule has 6 nitrogen and oxygen atoms in total. The Hall–Kier alpha value is -4.41. The zero-order chi connectivity index (χ0) is 43.5. The minimum absolute atomic E-state index is 0.206. The summed E-state index contributed by atoms with van der Waals surface area (Å²) >= 11 is 0. The lowest BCUT2D eigenvalue weighted by Gasteiger charge is -2.39. The molecular weight excluding hydrogens is 762 g/mol. The van der Waals surface area contributed by atoms with Gasteiger partial charge in [0.05, 0.1) is 25.4 Å². The van der Waals surface area contributed by atoms with Gasteiger partial charge in [0.2, 0.25) is 0 Å². The molecule has 2 aliphatic carbocycles. The van der Waals surface area contributed by atoms with E-state index in [4.69, 9.17) is 9.47 Å². The number of rotatable bonds is 11. The molecule has 324 valence electrons. The number of alkyl halides is 3. The van der Waals surface area contributed by atoms with Crippen LogP contribution in [-0.4, -0.2) is 81.1 Å². The highest BCUT2D eigenvalue weighted by molar-refractivity contribution is 5.59. The van der Waals surface area contributed by atoms with Crippen LogP contribution >= 0.6 is 0 Å². The van der Waals surface area contributed by atoms with Crippen molar-refractivity contribution in [1.82, 2.24) is 9.80 Å². The predicted octanol–water partition coefficient (Wildman–Crippen LogP) is 10.8. The standard InChI is InChI=1S/C26H35NO2.C25H30F3NO2/c1-20-9-7-11-22(15-20)18-26(28)23(12-5-6-13-24(26)19-27(2)3)16-21-10-8-14-25(17-21)29-4;1-29(2)17-22-10-5-4-9-19(14-18-8-6-13-23(15-18)31-3)24(22,30)20-11-7-12-21(16-20)25(26,27)28/h7-11,14-17,24,28H,5-6,12-13,18-19H2,1-4H3;6-8,11-16,22,30H,4-5,9-10,17H2,1-3H3. The Morgan fingerprint density at radius 1 is 0.667 bits per heavy atom. The van der Waals surface area contributed by atoms with Crippen molar-refractivity contribution in [3.8, 4) is 11.5 Å². The second kappa shape index (κ2) is 20.9. The smallest absolute Gasteiger partial charge is 0.416 e. The fourth-order valence-electron chi connectivity index (χ4n) is 9.13. The molecular formula is C51H65F3N2O4. The van der Waals surface area contributed by atoms with Gasteiger partial charge in [0.15, 0.2) is 0 Å². The van der Waals surface area contributed by atoms with Crippen molar-refractivity contribution in [2.24, 2.45) is 11.8 Å². The van der Waals surface area contributed by atoms with E-state index < -0.39 is 22.9 Å². The molecule has 0 saturated heterocycles. The Bertz CT molecular complexity index is 2060. The van der Waals surface area contributed by atoms with Gasteiger partial charge in [-0.2, -0.15) is 13.2 Å². The molecule has 0 aliphatic heterocycles. The normalized spacial score (nSPS) is 23.8. The van der Waals surface area contributed by atoms with E-state index in [0.717, 1.165) is 91.6 Å². The highest BCUT2D eigenvalue weighted by Gasteiger charge is 2.44. The van der Waals surface area contributed by atoms with Crippen molar-refractivity contribution in [2.75, 3.05) is 55.5 Å². The van der Waals surface area contributed by atoms with Gasteiger partial charge in [-0.1, -0.05) is 91.2 Å². The summed E-state index contributed by atoms with van der Waals surface area (Å²) in [6.07, 6.45) is 7.71. The molecule has 2 N–H and O–H groups in total. The molecule has 4 atom stereocenters. The van der Waals surface area contributed by atoms with Crippen LogP contribution in [0.4, 0.5) is 13.2 Å². The lowest BCUT2D eigenvalue weighted by atomic mass is 9.73. The first kappa shape index (κ1) is 46.7. The summed E-state index contributed by atoms with van der Waals surface area (Å²) in [6, 6.07) is 29.3. The van der Waals surface area contributed by atoms with Gasteiger partial charge in [-0.3, -0.25) is 0 Å². The zero-order valence-electron chi connectivity index (χ0n) is 36.6. The minimum Gasteiger partial charge on any atom is -0.497 e. The van der Waals surface area contributed by atoms with E-state index in [2.05, 4.69) is 62.3 Å².